The molecule has 0 aromatic carbocycles. The number of aryl methyl sites for hydroxylation is 1. The second-order valence-corrected chi connectivity index (χ2v) is 7.08. The van der Waals surface area contributed by atoms with E-state index in [-0.39, 0.29) is 30.1 Å². The zero-order valence-electron chi connectivity index (χ0n) is 16.8. The van der Waals surface area contributed by atoms with Crippen molar-refractivity contribution in [1.82, 2.24) is 30.4 Å². The highest BCUT2D eigenvalue weighted by Gasteiger charge is 2.19. The lowest BCUT2D eigenvalue weighted by atomic mass is 9.89. The lowest BCUT2D eigenvalue weighted by molar-refractivity contribution is 0.130. The Labute approximate surface area is 183 Å². The Hall–Kier alpha value is -1.91. The number of ether oxygens (including phenoxy) is 1. The first-order valence-electron chi connectivity index (χ1n) is 9.53. The monoisotopic (exact) mass is 499 g/mol. The fourth-order valence-corrected chi connectivity index (χ4v) is 3.19. The van der Waals surface area contributed by atoms with Crippen molar-refractivity contribution in [2.24, 2.45) is 18.0 Å². The van der Waals surface area contributed by atoms with Crippen molar-refractivity contribution < 1.29 is 4.74 Å². The predicted molar refractivity (Wildman–Crippen MR) is 120 cm³/mol. The number of hydrogen-bond donors (Lipinski definition) is 2. The molecule has 3 rings (SSSR count). The number of nitrogens with one attached hydrogen (secondary N) is 2. The summed E-state index contributed by atoms with van der Waals surface area (Å²) in [6.07, 6.45) is 8.33. The molecule has 0 aliphatic heterocycles. The largest absolute Gasteiger partial charge is 0.474 e. The zero-order valence-corrected chi connectivity index (χ0v) is 19.1. The van der Waals surface area contributed by atoms with Crippen LogP contribution in [-0.4, -0.2) is 38.9 Å². The Morgan fingerprint density at radius 3 is 2.64 bits per heavy atom. The average Bonchev–Trinajstić information content (AvgIpc) is 3.09. The van der Waals surface area contributed by atoms with Gasteiger partial charge >= 0.3 is 0 Å². The molecule has 0 bridgehead atoms. The van der Waals surface area contributed by atoms with Gasteiger partial charge in [-0.3, -0.25) is 9.67 Å². The highest BCUT2D eigenvalue weighted by Crippen LogP contribution is 2.26. The average molecular weight is 499 g/mol. The second-order valence-electron chi connectivity index (χ2n) is 7.08. The standard InChI is InChI=1S/C19H29N7O.HI/c1-14-4-6-16(7-5-14)27-18-10-15(8-9-21-18)11-22-19(20-2)23-12-17-24-13-25-26(17)3;/h8-10,13-14,16H,4-7,11-12H2,1-3H3,(H2,20,22,23);1H. The first-order valence-corrected chi connectivity index (χ1v) is 9.53. The first kappa shape index (κ1) is 22.4. The third-order valence-corrected chi connectivity index (χ3v) is 4.95. The molecule has 2 heterocycles. The summed E-state index contributed by atoms with van der Waals surface area (Å²) < 4.78 is 7.82. The Morgan fingerprint density at radius 2 is 1.96 bits per heavy atom. The Bertz CT molecular complexity index is 756. The number of aromatic nitrogens is 4. The van der Waals surface area contributed by atoms with E-state index in [4.69, 9.17) is 4.74 Å². The minimum atomic E-state index is 0. The van der Waals surface area contributed by atoms with Gasteiger partial charge in [-0.15, -0.1) is 24.0 Å². The summed E-state index contributed by atoms with van der Waals surface area (Å²) in [6.45, 7) is 3.51. The van der Waals surface area contributed by atoms with Crippen molar-refractivity contribution in [3.8, 4) is 5.88 Å². The van der Waals surface area contributed by atoms with Crippen LogP contribution in [0.1, 0.15) is 44.0 Å². The number of hydrogen-bond acceptors (Lipinski definition) is 5. The molecule has 8 nitrogen and oxygen atoms in total. The molecule has 0 unspecified atom stereocenters. The maximum atomic E-state index is 6.08. The minimum absolute atomic E-state index is 0. The van der Waals surface area contributed by atoms with E-state index in [1.54, 1.807) is 24.3 Å². The number of nitrogens with zero attached hydrogens (tertiary/aromatic N) is 5. The van der Waals surface area contributed by atoms with Crippen LogP contribution in [0.25, 0.3) is 0 Å². The Balaban J connectivity index is 0.00000280. The predicted octanol–water partition coefficient (Wildman–Crippen LogP) is 2.65. The molecular formula is C19H30IN7O. The van der Waals surface area contributed by atoms with Crippen LogP contribution in [0, 0.1) is 5.92 Å². The number of guanidine groups is 1. The quantitative estimate of drug-likeness (QED) is 0.361. The highest BCUT2D eigenvalue weighted by molar-refractivity contribution is 14.0. The van der Waals surface area contributed by atoms with E-state index in [0.29, 0.717) is 24.9 Å². The normalized spacial score (nSPS) is 19.6. The molecule has 1 aliphatic rings. The van der Waals surface area contributed by atoms with Crippen LogP contribution in [0.5, 0.6) is 5.88 Å². The topological polar surface area (TPSA) is 89.2 Å². The van der Waals surface area contributed by atoms with Gasteiger partial charge in [-0.2, -0.15) is 5.10 Å². The summed E-state index contributed by atoms with van der Waals surface area (Å²) >= 11 is 0. The molecule has 0 amide bonds. The van der Waals surface area contributed by atoms with E-state index in [9.17, 15) is 0 Å². The van der Waals surface area contributed by atoms with Crippen LogP contribution < -0.4 is 15.4 Å². The van der Waals surface area contributed by atoms with E-state index in [1.807, 2.05) is 19.2 Å². The van der Waals surface area contributed by atoms with Gasteiger partial charge in [0.2, 0.25) is 5.88 Å². The van der Waals surface area contributed by atoms with Crippen LogP contribution >= 0.6 is 24.0 Å². The molecule has 0 atom stereocenters. The van der Waals surface area contributed by atoms with E-state index in [0.717, 1.165) is 30.1 Å². The van der Waals surface area contributed by atoms with Gasteiger partial charge in [-0.25, -0.2) is 9.97 Å². The van der Waals surface area contributed by atoms with E-state index >= 15 is 0 Å². The Kier molecular flexibility index (Phi) is 8.94. The summed E-state index contributed by atoms with van der Waals surface area (Å²) in [7, 11) is 3.61. The van der Waals surface area contributed by atoms with Crippen molar-refractivity contribution in [2.45, 2.75) is 51.8 Å². The van der Waals surface area contributed by atoms with Gasteiger partial charge in [0, 0.05) is 32.9 Å². The van der Waals surface area contributed by atoms with Crippen molar-refractivity contribution in [2.75, 3.05) is 7.05 Å². The number of halogens is 1. The highest BCUT2D eigenvalue weighted by atomic mass is 127. The Morgan fingerprint density at radius 1 is 1.21 bits per heavy atom. The number of aliphatic imine (C=N–C) groups is 1. The maximum Gasteiger partial charge on any atom is 0.213 e. The molecule has 28 heavy (non-hydrogen) atoms. The first-order chi connectivity index (χ1) is 13.1. The number of rotatable bonds is 6. The fraction of sp³-hybridized carbons (Fsp3) is 0.579. The molecule has 1 fully saturated rings. The van der Waals surface area contributed by atoms with Crippen LogP contribution in [0.3, 0.4) is 0 Å². The molecule has 2 aromatic rings. The SMILES string of the molecule is CN=C(NCc1ccnc(OC2CCC(C)CC2)c1)NCc1ncnn1C.I. The lowest BCUT2D eigenvalue weighted by Crippen LogP contribution is -2.37. The van der Waals surface area contributed by atoms with Gasteiger partial charge in [0.1, 0.15) is 18.3 Å². The van der Waals surface area contributed by atoms with Crippen molar-refractivity contribution in [1.29, 1.82) is 0 Å². The maximum absolute atomic E-state index is 6.08. The van der Waals surface area contributed by atoms with Gasteiger partial charge < -0.3 is 15.4 Å². The summed E-state index contributed by atoms with van der Waals surface area (Å²) in [5, 5.41) is 10.6. The summed E-state index contributed by atoms with van der Waals surface area (Å²) in [5.41, 5.74) is 1.10. The number of pyridine rings is 1. The molecule has 9 heteroatoms. The van der Waals surface area contributed by atoms with Crippen LogP contribution in [-0.2, 0) is 20.1 Å². The fourth-order valence-electron chi connectivity index (χ4n) is 3.19. The van der Waals surface area contributed by atoms with Gasteiger partial charge in [0.05, 0.1) is 6.54 Å². The molecular weight excluding hydrogens is 469 g/mol. The zero-order chi connectivity index (χ0) is 19.1. The molecule has 0 spiro atoms. The molecule has 1 aliphatic carbocycles. The van der Waals surface area contributed by atoms with E-state index in [1.165, 1.54) is 12.8 Å². The summed E-state index contributed by atoms with van der Waals surface area (Å²) in [6, 6.07) is 3.99. The van der Waals surface area contributed by atoms with Crippen LogP contribution in [0.15, 0.2) is 29.6 Å². The minimum Gasteiger partial charge on any atom is -0.474 e. The van der Waals surface area contributed by atoms with Gasteiger partial charge in [-0.1, -0.05) is 6.92 Å². The smallest absolute Gasteiger partial charge is 0.213 e. The van der Waals surface area contributed by atoms with Gasteiger partial charge in [0.15, 0.2) is 5.96 Å². The van der Waals surface area contributed by atoms with Crippen LogP contribution in [0.4, 0.5) is 0 Å². The third kappa shape index (κ3) is 6.61. The lowest BCUT2D eigenvalue weighted by Gasteiger charge is -2.26. The third-order valence-electron chi connectivity index (χ3n) is 4.95. The van der Waals surface area contributed by atoms with E-state index in [2.05, 4.69) is 37.6 Å². The molecule has 154 valence electrons. The van der Waals surface area contributed by atoms with Gasteiger partial charge in [0.25, 0.3) is 0 Å². The van der Waals surface area contributed by atoms with Crippen LogP contribution in [0.2, 0.25) is 0 Å². The molecule has 2 aromatic heterocycles. The van der Waals surface area contributed by atoms with E-state index < -0.39 is 0 Å². The summed E-state index contributed by atoms with van der Waals surface area (Å²) in [4.78, 5) is 12.8. The molecule has 0 saturated heterocycles. The van der Waals surface area contributed by atoms with Crippen molar-refractivity contribution in [3.05, 3.63) is 36.0 Å². The second kappa shape index (κ2) is 11.2. The van der Waals surface area contributed by atoms with Crippen molar-refractivity contribution >= 4 is 29.9 Å². The van der Waals surface area contributed by atoms with Crippen molar-refractivity contribution in [3.63, 3.8) is 0 Å². The molecule has 0 radical (unpaired) electrons. The summed E-state index contributed by atoms with van der Waals surface area (Å²) in [5.74, 6) is 3.07. The van der Waals surface area contributed by atoms with Gasteiger partial charge in [-0.05, 0) is 43.2 Å². The molecule has 1 saturated carbocycles. The molecule has 2 N–H and O–H groups in total.